The number of rotatable bonds is 8. The summed E-state index contributed by atoms with van der Waals surface area (Å²) in [5, 5.41) is 13.9. The van der Waals surface area contributed by atoms with Gasteiger partial charge in [-0.3, -0.25) is 14.9 Å². The number of hydrogen-bond donors (Lipinski definition) is 1. The van der Waals surface area contributed by atoms with E-state index in [0.29, 0.717) is 12.1 Å². The molecular weight excluding hydrogens is 328 g/mol. The van der Waals surface area contributed by atoms with Crippen LogP contribution in [0.4, 0.5) is 11.4 Å². The summed E-state index contributed by atoms with van der Waals surface area (Å²) in [6.07, 6.45) is 3.85. The van der Waals surface area contributed by atoms with Crippen LogP contribution in [-0.4, -0.2) is 17.3 Å². The highest BCUT2D eigenvalue weighted by Crippen LogP contribution is 2.16. The summed E-state index contributed by atoms with van der Waals surface area (Å²) in [6.45, 7) is 7.85. The third kappa shape index (κ3) is 5.41. The van der Waals surface area contributed by atoms with Gasteiger partial charge in [0.25, 0.3) is 5.69 Å². The highest BCUT2D eigenvalue weighted by molar-refractivity contribution is 5.96. The fraction of sp³-hybridized carbons (Fsp3) is 0.190. The molecule has 0 aliphatic rings. The van der Waals surface area contributed by atoms with Crippen molar-refractivity contribution >= 4 is 29.3 Å². The predicted molar refractivity (Wildman–Crippen MR) is 106 cm³/mol. The maximum atomic E-state index is 11.8. The van der Waals surface area contributed by atoms with Gasteiger partial charge in [-0.1, -0.05) is 37.8 Å². The predicted octanol–water partition coefficient (Wildman–Crippen LogP) is 4.96. The Kier molecular flexibility index (Phi) is 6.44. The van der Waals surface area contributed by atoms with Gasteiger partial charge in [-0.2, -0.15) is 0 Å². The molecule has 134 valence electrons. The van der Waals surface area contributed by atoms with Crippen molar-refractivity contribution in [2.45, 2.75) is 13.8 Å². The number of nitro benzene ring substituents is 1. The van der Waals surface area contributed by atoms with Crippen LogP contribution >= 0.6 is 0 Å². The van der Waals surface area contributed by atoms with Crippen LogP contribution in [0.1, 0.15) is 25.0 Å². The molecule has 0 saturated carbocycles. The molecule has 0 saturated heterocycles. The van der Waals surface area contributed by atoms with E-state index in [4.69, 9.17) is 0 Å². The second-order valence-corrected chi connectivity index (χ2v) is 6.23. The van der Waals surface area contributed by atoms with Gasteiger partial charge in [0.2, 0.25) is 0 Å². The zero-order chi connectivity index (χ0) is 19.1. The van der Waals surface area contributed by atoms with Crippen LogP contribution in [0.3, 0.4) is 0 Å². The highest BCUT2D eigenvalue weighted by Gasteiger charge is 2.12. The van der Waals surface area contributed by atoms with Crippen LogP contribution in [0, 0.1) is 16.0 Å². The zero-order valence-electron chi connectivity index (χ0n) is 14.9. The first kappa shape index (κ1) is 19.1. The Balaban J connectivity index is 1.93. The van der Waals surface area contributed by atoms with E-state index < -0.39 is 4.92 Å². The van der Waals surface area contributed by atoms with E-state index in [1.165, 1.54) is 12.1 Å². The molecule has 0 aliphatic carbocycles. The average Bonchev–Trinajstić information content (AvgIpc) is 2.64. The molecule has 1 N–H and O–H groups in total. The van der Waals surface area contributed by atoms with Crippen LogP contribution in [0.25, 0.3) is 12.2 Å². The summed E-state index contributed by atoms with van der Waals surface area (Å²) >= 11 is 0. The molecule has 0 aromatic heterocycles. The summed E-state index contributed by atoms with van der Waals surface area (Å²) in [4.78, 5) is 22.0. The Morgan fingerprint density at radius 1 is 1.12 bits per heavy atom. The third-order valence-corrected chi connectivity index (χ3v) is 3.96. The van der Waals surface area contributed by atoms with Crippen LogP contribution in [0.5, 0.6) is 0 Å². The van der Waals surface area contributed by atoms with Crippen molar-refractivity contribution in [1.82, 2.24) is 0 Å². The highest BCUT2D eigenvalue weighted by atomic mass is 16.6. The minimum absolute atomic E-state index is 0.0696. The van der Waals surface area contributed by atoms with Gasteiger partial charge in [-0.05, 0) is 47.9 Å². The number of carbonyl (C=O) groups excluding carboxylic acids is 1. The van der Waals surface area contributed by atoms with E-state index in [9.17, 15) is 14.9 Å². The molecule has 5 nitrogen and oxygen atoms in total. The molecule has 2 aromatic rings. The largest absolute Gasteiger partial charge is 0.384 e. The normalized spacial score (nSPS) is 11.9. The fourth-order valence-electron chi connectivity index (χ4n) is 2.40. The maximum absolute atomic E-state index is 11.8. The van der Waals surface area contributed by atoms with Gasteiger partial charge in [0.1, 0.15) is 0 Å². The number of nitro groups is 1. The van der Waals surface area contributed by atoms with Gasteiger partial charge in [-0.15, -0.1) is 0 Å². The Morgan fingerprint density at radius 2 is 1.62 bits per heavy atom. The van der Waals surface area contributed by atoms with E-state index in [-0.39, 0.29) is 17.4 Å². The molecule has 0 aliphatic heterocycles. The number of Topliss-reactive ketones (excluding diaryl/α,β-unsaturated/α-hetero) is 1. The first-order chi connectivity index (χ1) is 12.4. The van der Waals surface area contributed by atoms with E-state index in [1.807, 2.05) is 43.3 Å². The van der Waals surface area contributed by atoms with Gasteiger partial charge in [0, 0.05) is 30.3 Å². The lowest BCUT2D eigenvalue weighted by Crippen LogP contribution is -2.20. The summed E-state index contributed by atoms with van der Waals surface area (Å²) in [6, 6.07) is 14.2. The SMILES string of the molecule is C=C(C)C(=O)C(C)CNc1ccc(C=Cc2ccc([N+](=O)[O-])cc2)cc1. The number of anilines is 1. The lowest BCUT2D eigenvalue weighted by molar-refractivity contribution is -0.384. The first-order valence-electron chi connectivity index (χ1n) is 8.33. The van der Waals surface area contributed by atoms with Gasteiger partial charge >= 0.3 is 0 Å². The summed E-state index contributed by atoms with van der Waals surface area (Å²) in [5.74, 6) is -0.0469. The molecule has 1 atom stereocenters. The van der Waals surface area contributed by atoms with Crippen molar-refractivity contribution in [3.05, 3.63) is 81.9 Å². The number of nitrogens with zero attached hydrogens (tertiary/aromatic N) is 1. The Bertz CT molecular complexity index is 821. The molecule has 0 amide bonds. The average molecular weight is 350 g/mol. The Morgan fingerprint density at radius 3 is 2.08 bits per heavy atom. The molecule has 26 heavy (non-hydrogen) atoms. The minimum atomic E-state index is -0.413. The smallest absolute Gasteiger partial charge is 0.269 e. The van der Waals surface area contributed by atoms with Gasteiger partial charge in [-0.25, -0.2) is 0 Å². The van der Waals surface area contributed by atoms with Gasteiger partial charge < -0.3 is 5.32 Å². The number of non-ortho nitro benzene ring substituents is 1. The number of carbonyl (C=O) groups is 1. The summed E-state index contributed by atoms with van der Waals surface area (Å²) in [5.41, 5.74) is 3.51. The topological polar surface area (TPSA) is 72.2 Å². The minimum Gasteiger partial charge on any atom is -0.384 e. The van der Waals surface area contributed by atoms with Crippen molar-refractivity contribution in [3.8, 4) is 0 Å². The molecule has 1 unspecified atom stereocenters. The van der Waals surface area contributed by atoms with E-state index >= 15 is 0 Å². The molecule has 2 rings (SSSR count). The zero-order valence-corrected chi connectivity index (χ0v) is 14.9. The molecule has 5 heteroatoms. The van der Waals surface area contributed by atoms with Crippen LogP contribution in [0.15, 0.2) is 60.7 Å². The quantitative estimate of drug-likeness (QED) is 0.316. The molecule has 0 radical (unpaired) electrons. The molecule has 0 spiro atoms. The molecule has 0 heterocycles. The molecular formula is C21H22N2O3. The molecule has 0 fully saturated rings. The number of benzene rings is 2. The Hall–Kier alpha value is -3.21. The van der Waals surface area contributed by atoms with Crippen molar-refractivity contribution in [2.75, 3.05) is 11.9 Å². The van der Waals surface area contributed by atoms with Crippen LogP contribution in [-0.2, 0) is 4.79 Å². The van der Waals surface area contributed by atoms with Gasteiger partial charge in [0.05, 0.1) is 4.92 Å². The fourth-order valence-corrected chi connectivity index (χ4v) is 2.40. The summed E-state index contributed by atoms with van der Waals surface area (Å²) in [7, 11) is 0. The van der Waals surface area contributed by atoms with E-state index in [2.05, 4.69) is 11.9 Å². The standard InChI is InChI=1S/C21H22N2O3/c1-15(2)21(24)16(3)14-22-19-10-6-17(7-11-19)4-5-18-8-12-20(13-9-18)23(25)26/h4-13,16,22H,1,14H2,2-3H3. The number of ketones is 1. The number of hydrogen-bond acceptors (Lipinski definition) is 4. The van der Waals surface area contributed by atoms with E-state index in [0.717, 1.165) is 16.8 Å². The van der Waals surface area contributed by atoms with E-state index in [1.54, 1.807) is 19.1 Å². The van der Waals surface area contributed by atoms with Crippen molar-refractivity contribution in [2.24, 2.45) is 5.92 Å². The lowest BCUT2D eigenvalue weighted by Gasteiger charge is -2.12. The monoisotopic (exact) mass is 350 g/mol. The number of allylic oxidation sites excluding steroid dienone is 1. The van der Waals surface area contributed by atoms with Crippen molar-refractivity contribution < 1.29 is 9.72 Å². The number of nitrogens with one attached hydrogen (secondary N) is 1. The van der Waals surface area contributed by atoms with Crippen LogP contribution in [0.2, 0.25) is 0 Å². The lowest BCUT2D eigenvalue weighted by atomic mass is 10.0. The Labute approximate surface area is 153 Å². The second-order valence-electron chi connectivity index (χ2n) is 6.23. The van der Waals surface area contributed by atoms with Crippen molar-refractivity contribution in [3.63, 3.8) is 0 Å². The van der Waals surface area contributed by atoms with Crippen molar-refractivity contribution in [1.29, 1.82) is 0 Å². The third-order valence-electron chi connectivity index (χ3n) is 3.96. The molecule has 2 aromatic carbocycles. The molecule has 0 bridgehead atoms. The van der Waals surface area contributed by atoms with Gasteiger partial charge in [0.15, 0.2) is 5.78 Å². The summed E-state index contributed by atoms with van der Waals surface area (Å²) < 4.78 is 0. The second kappa shape index (κ2) is 8.76. The van der Waals surface area contributed by atoms with Crippen LogP contribution < -0.4 is 5.32 Å². The first-order valence-corrected chi connectivity index (χ1v) is 8.33. The maximum Gasteiger partial charge on any atom is 0.269 e.